The number of aromatic amines is 1. The highest BCUT2D eigenvalue weighted by molar-refractivity contribution is 6.58. The van der Waals surface area contributed by atoms with Gasteiger partial charge in [-0.05, 0) is 17.6 Å². The summed E-state index contributed by atoms with van der Waals surface area (Å²) in [4.78, 5) is 5.57. The van der Waals surface area contributed by atoms with Crippen molar-refractivity contribution in [3.8, 4) is 0 Å². The van der Waals surface area contributed by atoms with E-state index >= 15 is 0 Å². The molecule has 18 heavy (non-hydrogen) atoms. The van der Waals surface area contributed by atoms with Crippen molar-refractivity contribution in [1.82, 2.24) is 4.98 Å². The summed E-state index contributed by atoms with van der Waals surface area (Å²) in [5.74, 6) is 1.05. The first kappa shape index (κ1) is 11.6. The van der Waals surface area contributed by atoms with Gasteiger partial charge in [0.2, 0.25) is 0 Å². The van der Waals surface area contributed by atoms with Gasteiger partial charge in [-0.1, -0.05) is 12.1 Å². The zero-order chi connectivity index (χ0) is 12.5. The number of nitrogens with zero attached hydrogens (tertiary/aromatic N) is 1. The van der Waals surface area contributed by atoms with Crippen molar-refractivity contribution in [1.29, 1.82) is 0 Å². The Labute approximate surface area is 105 Å². The lowest BCUT2D eigenvalue weighted by atomic mass is 9.80. The van der Waals surface area contributed by atoms with Crippen LogP contribution in [0.15, 0.2) is 24.3 Å². The zero-order valence-electron chi connectivity index (χ0n) is 9.97. The third kappa shape index (κ3) is 2.10. The van der Waals surface area contributed by atoms with Crippen LogP contribution in [0.5, 0.6) is 0 Å². The lowest BCUT2D eigenvalue weighted by Gasteiger charge is -2.27. The van der Waals surface area contributed by atoms with E-state index in [0.29, 0.717) is 5.46 Å². The van der Waals surface area contributed by atoms with Crippen molar-refractivity contribution in [3.05, 3.63) is 24.3 Å². The minimum atomic E-state index is -1.42. The largest absolute Gasteiger partial charge is 0.488 e. The Morgan fingerprint density at radius 1 is 1.17 bits per heavy atom. The fourth-order valence-corrected chi connectivity index (χ4v) is 2.27. The van der Waals surface area contributed by atoms with Crippen LogP contribution in [0.3, 0.4) is 0 Å². The first-order valence-corrected chi connectivity index (χ1v) is 6.05. The van der Waals surface area contributed by atoms with E-state index in [4.69, 9.17) is 14.8 Å². The molecule has 6 heteroatoms. The van der Waals surface area contributed by atoms with Crippen LogP contribution >= 0.6 is 0 Å². The maximum Gasteiger partial charge on any atom is 0.488 e. The molecular weight excluding hydrogens is 231 g/mol. The summed E-state index contributed by atoms with van der Waals surface area (Å²) in [6.45, 7) is 3.25. The molecule has 0 unspecified atom stereocenters. The molecule has 0 aliphatic carbocycles. The summed E-state index contributed by atoms with van der Waals surface area (Å²) in [6.07, 6.45) is 0. The standard InChI is InChI=1S/C12H15BN2O3/c16-13(17)10-1-2-11-9(7-10)8-12(14-11)15-3-5-18-6-4-15/h1-2,7-8,14,16-17H,3-6H2. The molecule has 2 heterocycles. The summed E-state index contributed by atoms with van der Waals surface area (Å²) >= 11 is 0. The number of benzene rings is 1. The van der Waals surface area contributed by atoms with Crippen LogP contribution in [0.2, 0.25) is 0 Å². The number of fused-ring (bicyclic) bond motifs is 1. The lowest BCUT2D eigenvalue weighted by molar-refractivity contribution is 0.122. The maximum absolute atomic E-state index is 9.16. The minimum absolute atomic E-state index is 0.509. The van der Waals surface area contributed by atoms with E-state index in [-0.39, 0.29) is 0 Å². The molecule has 1 aliphatic rings. The van der Waals surface area contributed by atoms with Gasteiger partial charge in [0.1, 0.15) is 5.82 Å². The maximum atomic E-state index is 9.16. The first-order chi connectivity index (χ1) is 8.74. The van der Waals surface area contributed by atoms with Crippen molar-refractivity contribution in [3.63, 3.8) is 0 Å². The monoisotopic (exact) mass is 246 g/mol. The van der Waals surface area contributed by atoms with Gasteiger partial charge in [0.05, 0.1) is 13.2 Å². The number of H-pyrrole nitrogens is 1. The van der Waals surface area contributed by atoms with Gasteiger partial charge >= 0.3 is 7.12 Å². The Balaban J connectivity index is 1.94. The highest BCUT2D eigenvalue weighted by atomic mass is 16.5. The Morgan fingerprint density at radius 2 is 1.94 bits per heavy atom. The third-order valence-electron chi connectivity index (χ3n) is 3.28. The number of ether oxygens (including phenoxy) is 1. The van der Waals surface area contributed by atoms with Crippen LogP contribution in [0.4, 0.5) is 5.82 Å². The normalized spacial score (nSPS) is 16.2. The average molecular weight is 246 g/mol. The molecular formula is C12H15BN2O3. The van der Waals surface area contributed by atoms with Crippen LogP contribution in [0, 0.1) is 0 Å². The van der Waals surface area contributed by atoms with Crippen molar-refractivity contribution in [2.75, 3.05) is 31.2 Å². The molecule has 3 rings (SSSR count). The first-order valence-electron chi connectivity index (χ1n) is 6.05. The third-order valence-corrected chi connectivity index (χ3v) is 3.28. The van der Waals surface area contributed by atoms with Crippen molar-refractivity contribution in [2.45, 2.75) is 0 Å². The molecule has 1 aliphatic heterocycles. The van der Waals surface area contributed by atoms with E-state index in [0.717, 1.165) is 43.0 Å². The number of anilines is 1. The SMILES string of the molecule is OB(O)c1ccc2[nH]c(N3CCOCC3)cc2c1. The van der Waals surface area contributed by atoms with E-state index in [9.17, 15) is 0 Å². The molecule has 3 N–H and O–H groups in total. The number of morpholine rings is 1. The second-order valence-electron chi connectivity index (χ2n) is 4.47. The Bertz CT molecular complexity index is 549. The molecule has 5 nitrogen and oxygen atoms in total. The molecule has 1 fully saturated rings. The zero-order valence-corrected chi connectivity index (χ0v) is 9.97. The fourth-order valence-electron chi connectivity index (χ4n) is 2.27. The molecule has 2 aromatic rings. The summed E-state index contributed by atoms with van der Waals surface area (Å²) in [5.41, 5.74) is 1.51. The molecule has 1 aromatic heterocycles. The number of hydrogen-bond acceptors (Lipinski definition) is 4. The van der Waals surface area contributed by atoms with E-state index in [1.165, 1.54) is 0 Å². The Hall–Kier alpha value is -1.50. The van der Waals surface area contributed by atoms with Gasteiger partial charge < -0.3 is 24.7 Å². The highest BCUT2D eigenvalue weighted by Crippen LogP contribution is 2.21. The molecule has 0 amide bonds. The number of aromatic nitrogens is 1. The van der Waals surface area contributed by atoms with E-state index in [1.54, 1.807) is 12.1 Å². The van der Waals surface area contributed by atoms with Gasteiger partial charge in [0, 0.05) is 24.0 Å². The second kappa shape index (κ2) is 4.64. The predicted octanol–water partition coefficient (Wildman–Crippen LogP) is -0.316. The van der Waals surface area contributed by atoms with Crippen LogP contribution in [0.1, 0.15) is 0 Å². The molecule has 0 bridgehead atoms. The average Bonchev–Trinajstić information content (AvgIpc) is 2.82. The van der Waals surface area contributed by atoms with Crippen LogP contribution in [-0.2, 0) is 4.74 Å². The minimum Gasteiger partial charge on any atom is -0.423 e. The van der Waals surface area contributed by atoms with Crippen molar-refractivity contribution >= 4 is 29.3 Å². The van der Waals surface area contributed by atoms with Gasteiger partial charge in [-0.3, -0.25) is 0 Å². The smallest absolute Gasteiger partial charge is 0.423 e. The van der Waals surface area contributed by atoms with Crippen LogP contribution in [0.25, 0.3) is 10.9 Å². The van der Waals surface area contributed by atoms with E-state index in [1.807, 2.05) is 12.1 Å². The quantitative estimate of drug-likeness (QED) is 0.635. The van der Waals surface area contributed by atoms with Gasteiger partial charge in [0.15, 0.2) is 0 Å². The lowest BCUT2D eigenvalue weighted by Crippen LogP contribution is -2.36. The Morgan fingerprint density at radius 3 is 2.67 bits per heavy atom. The van der Waals surface area contributed by atoms with Gasteiger partial charge in [0.25, 0.3) is 0 Å². The highest BCUT2D eigenvalue weighted by Gasteiger charge is 2.15. The van der Waals surface area contributed by atoms with Crippen LogP contribution in [-0.4, -0.2) is 48.5 Å². The second-order valence-corrected chi connectivity index (χ2v) is 4.47. The van der Waals surface area contributed by atoms with Gasteiger partial charge in [-0.15, -0.1) is 0 Å². The molecule has 1 saturated heterocycles. The molecule has 94 valence electrons. The molecule has 0 atom stereocenters. The Kier molecular flexibility index (Phi) is 2.99. The van der Waals surface area contributed by atoms with E-state index in [2.05, 4.69) is 9.88 Å². The molecule has 0 radical (unpaired) electrons. The molecule has 0 spiro atoms. The van der Waals surface area contributed by atoms with E-state index < -0.39 is 7.12 Å². The van der Waals surface area contributed by atoms with Gasteiger partial charge in [-0.25, -0.2) is 0 Å². The predicted molar refractivity (Wildman–Crippen MR) is 71.2 cm³/mol. The summed E-state index contributed by atoms with van der Waals surface area (Å²) in [6, 6.07) is 7.41. The number of nitrogens with one attached hydrogen (secondary N) is 1. The molecule has 1 aromatic carbocycles. The van der Waals surface area contributed by atoms with Crippen molar-refractivity contribution < 1.29 is 14.8 Å². The topological polar surface area (TPSA) is 68.7 Å². The summed E-state index contributed by atoms with van der Waals surface area (Å²) < 4.78 is 5.32. The molecule has 0 saturated carbocycles. The fraction of sp³-hybridized carbons (Fsp3) is 0.333. The number of hydrogen-bond donors (Lipinski definition) is 3. The van der Waals surface area contributed by atoms with Crippen LogP contribution < -0.4 is 10.4 Å². The number of rotatable bonds is 2. The van der Waals surface area contributed by atoms with Gasteiger partial charge in [-0.2, -0.15) is 0 Å². The summed E-state index contributed by atoms with van der Waals surface area (Å²) in [7, 11) is -1.42. The van der Waals surface area contributed by atoms with Crippen molar-refractivity contribution in [2.24, 2.45) is 0 Å². The summed E-state index contributed by atoms with van der Waals surface area (Å²) in [5, 5.41) is 19.3.